The summed E-state index contributed by atoms with van der Waals surface area (Å²) in [4.78, 5) is 28.8. The Morgan fingerprint density at radius 3 is 2.48 bits per heavy atom. The maximum atomic E-state index is 12.8. The van der Waals surface area contributed by atoms with E-state index in [9.17, 15) is 4.79 Å². The van der Waals surface area contributed by atoms with E-state index < -0.39 is 0 Å². The number of amides is 1. The molecule has 1 amide bonds. The summed E-state index contributed by atoms with van der Waals surface area (Å²) in [5.41, 5.74) is 3.68. The number of aromatic nitrogens is 2. The molecule has 2 aliphatic heterocycles. The van der Waals surface area contributed by atoms with Gasteiger partial charge in [0.1, 0.15) is 11.6 Å². The van der Waals surface area contributed by atoms with Crippen LogP contribution in [0.2, 0.25) is 0 Å². The first-order chi connectivity index (χ1) is 14.0. The van der Waals surface area contributed by atoms with E-state index >= 15 is 0 Å². The van der Waals surface area contributed by atoms with Crippen LogP contribution in [0.3, 0.4) is 0 Å². The van der Waals surface area contributed by atoms with Crippen LogP contribution in [0.25, 0.3) is 0 Å². The summed E-state index contributed by atoms with van der Waals surface area (Å²) in [5.74, 6) is 2.48. The Morgan fingerprint density at radius 1 is 1.03 bits per heavy atom. The molecule has 1 aromatic heterocycles. The van der Waals surface area contributed by atoms with E-state index in [1.165, 1.54) is 11.1 Å². The van der Waals surface area contributed by atoms with Crippen molar-refractivity contribution in [1.29, 1.82) is 0 Å². The maximum Gasteiger partial charge on any atom is 0.237 e. The van der Waals surface area contributed by atoms with Crippen molar-refractivity contribution in [2.75, 3.05) is 44.2 Å². The van der Waals surface area contributed by atoms with Crippen molar-refractivity contribution in [3.05, 3.63) is 53.0 Å². The summed E-state index contributed by atoms with van der Waals surface area (Å²) in [5, 5.41) is 0. The topological polar surface area (TPSA) is 52.6 Å². The van der Waals surface area contributed by atoms with Crippen LogP contribution in [-0.2, 0) is 17.8 Å². The summed E-state index contributed by atoms with van der Waals surface area (Å²) in [6.07, 6.45) is 0.959. The van der Waals surface area contributed by atoms with Crippen molar-refractivity contribution in [2.45, 2.75) is 39.7 Å². The van der Waals surface area contributed by atoms with E-state index in [1.54, 1.807) is 0 Å². The van der Waals surface area contributed by atoms with Gasteiger partial charge in [-0.05, 0) is 24.5 Å². The minimum Gasteiger partial charge on any atom is -0.354 e. The molecule has 0 unspecified atom stereocenters. The van der Waals surface area contributed by atoms with E-state index in [0.29, 0.717) is 12.5 Å². The number of hydrogen-bond donors (Lipinski definition) is 0. The lowest BCUT2D eigenvalue weighted by Crippen LogP contribution is -2.50. The highest BCUT2D eigenvalue weighted by Crippen LogP contribution is 2.20. The lowest BCUT2D eigenvalue weighted by molar-refractivity contribution is -0.133. The minimum atomic E-state index is 0.243. The number of carbonyl (C=O) groups is 1. The van der Waals surface area contributed by atoms with Gasteiger partial charge in [0.2, 0.25) is 5.91 Å². The highest BCUT2D eigenvalue weighted by molar-refractivity contribution is 5.78. The van der Waals surface area contributed by atoms with Crippen LogP contribution in [0.4, 0.5) is 5.82 Å². The number of benzene rings is 1. The molecule has 0 saturated carbocycles. The van der Waals surface area contributed by atoms with Crippen LogP contribution in [-0.4, -0.2) is 64.9 Å². The Morgan fingerprint density at radius 2 is 1.76 bits per heavy atom. The molecule has 2 aliphatic rings. The molecule has 1 aromatic carbocycles. The summed E-state index contributed by atoms with van der Waals surface area (Å²) >= 11 is 0. The van der Waals surface area contributed by atoms with E-state index in [1.807, 2.05) is 11.8 Å². The molecule has 0 N–H and O–H groups in total. The van der Waals surface area contributed by atoms with Crippen molar-refractivity contribution >= 4 is 11.7 Å². The van der Waals surface area contributed by atoms with E-state index in [2.05, 4.69) is 59.0 Å². The normalized spacial score (nSPS) is 17.5. The minimum absolute atomic E-state index is 0.243. The zero-order chi connectivity index (χ0) is 20.4. The number of anilines is 1. The van der Waals surface area contributed by atoms with Gasteiger partial charge in [-0.15, -0.1) is 0 Å². The SMILES string of the molecule is Cc1cc(N2CCN(CC(=O)N3CCc4ccccc4C3)CC2)nc(C(C)C)n1. The smallest absolute Gasteiger partial charge is 0.237 e. The van der Waals surface area contributed by atoms with Gasteiger partial charge in [-0.2, -0.15) is 0 Å². The van der Waals surface area contributed by atoms with Gasteiger partial charge in [-0.1, -0.05) is 38.1 Å². The van der Waals surface area contributed by atoms with Crippen LogP contribution < -0.4 is 4.90 Å². The Kier molecular flexibility index (Phi) is 5.81. The molecule has 0 bridgehead atoms. The number of rotatable bonds is 4. The number of hydrogen-bond acceptors (Lipinski definition) is 5. The first kappa shape index (κ1) is 19.8. The molecule has 154 valence electrons. The summed E-state index contributed by atoms with van der Waals surface area (Å²) in [6, 6.07) is 10.5. The largest absolute Gasteiger partial charge is 0.354 e. The lowest BCUT2D eigenvalue weighted by Gasteiger charge is -2.37. The summed E-state index contributed by atoms with van der Waals surface area (Å²) in [6.45, 7) is 11.9. The molecular weight excluding hydrogens is 362 g/mol. The molecule has 0 atom stereocenters. The second-order valence-electron chi connectivity index (χ2n) is 8.48. The molecule has 3 heterocycles. The van der Waals surface area contributed by atoms with Crippen LogP contribution in [0.1, 0.15) is 42.4 Å². The summed E-state index contributed by atoms with van der Waals surface area (Å²) < 4.78 is 0. The van der Waals surface area contributed by atoms with Crippen LogP contribution in [0, 0.1) is 6.92 Å². The number of piperazine rings is 1. The number of carbonyl (C=O) groups excluding carboxylic acids is 1. The number of fused-ring (bicyclic) bond motifs is 1. The highest BCUT2D eigenvalue weighted by atomic mass is 16.2. The third-order valence-electron chi connectivity index (χ3n) is 5.91. The Labute approximate surface area is 173 Å². The quantitative estimate of drug-likeness (QED) is 0.799. The Balaban J connectivity index is 1.32. The number of aryl methyl sites for hydroxylation is 1. The third kappa shape index (κ3) is 4.58. The second-order valence-corrected chi connectivity index (χ2v) is 8.48. The van der Waals surface area contributed by atoms with E-state index in [-0.39, 0.29) is 5.91 Å². The molecule has 6 nitrogen and oxygen atoms in total. The van der Waals surface area contributed by atoms with Crippen LogP contribution >= 0.6 is 0 Å². The van der Waals surface area contributed by atoms with Gasteiger partial charge >= 0.3 is 0 Å². The van der Waals surface area contributed by atoms with Crippen LogP contribution in [0.5, 0.6) is 0 Å². The van der Waals surface area contributed by atoms with Gasteiger partial charge in [0.15, 0.2) is 0 Å². The average molecular weight is 394 g/mol. The fourth-order valence-electron chi connectivity index (χ4n) is 4.13. The maximum absolute atomic E-state index is 12.8. The molecule has 0 radical (unpaired) electrons. The predicted molar refractivity (Wildman–Crippen MR) is 115 cm³/mol. The molecule has 29 heavy (non-hydrogen) atoms. The van der Waals surface area contributed by atoms with Gasteiger partial charge < -0.3 is 9.80 Å². The van der Waals surface area contributed by atoms with Crippen molar-refractivity contribution < 1.29 is 4.79 Å². The molecule has 0 aliphatic carbocycles. The van der Waals surface area contributed by atoms with Crippen molar-refractivity contribution in [3.8, 4) is 0 Å². The summed E-state index contributed by atoms with van der Waals surface area (Å²) in [7, 11) is 0. The third-order valence-corrected chi connectivity index (χ3v) is 5.91. The molecule has 4 rings (SSSR count). The fraction of sp³-hybridized carbons (Fsp3) is 0.522. The standard InChI is InChI=1S/C23H31N5O/c1-17(2)23-24-18(3)14-21(25-23)27-12-10-26(11-13-27)16-22(29)28-9-8-19-6-4-5-7-20(19)15-28/h4-7,14,17H,8-13,15-16H2,1-3H3. The highest BCUT2D eigenvalue weighted by Gasteiger charge is 2.25. The molecule has 2 aromatic rings. The number of nitrogens with zero attached hydrogens (tertiary/aromatic N) is 5. The zero-order valence-corrected chi connectivity index (χ0v) is 17.8. The first-order valence-electron chi connectivity index (χ1n) is 10.7. The predicted octanol–water partition coefficient (Wildman–Crippen LogP) is 2.62. The Hall–Kier alpha value is -2.47. The molecule has 6 heteroatoms. The average Bonchev–Trinajstić information content (AvgIpc) is 2.73. The first-order valence-corrected chi connectivity index (χ1v) is 10.7. The molecule has 1 fully saturated rings. The van der Waals surface area contributed by atoms with Gasteiger partial charge in [0.05, 0.1) is 6.54 Å². The van der Waals surface area contributed by atoms with Gasteiger partial charge in [-0.3, -0.25) is 9.69 Å². The lowest BCUT2D eigenvalue weighted by atomic mass is 10.00. The fourth-order valence-corrected chi connectivity index (χ4v) is 4.13. The Bertz CT molecular complexity index is 873. The molecule has 0 spiro atoms. The van der Waals surface area contributed by atoms with E-state index in [4.69, 9.17) is 4.98 Å². The van der Waals surface area contributed by atoms with Crippen molar-refractivity contribution in [3.63, 3.8) is 0 Å². The molecule has 1 saturated heterocycles. The molecular formula is C23H31N5O. The van der Waals surface area contributed by atoms with Gasteiger partial charge in [0.25, 0.3) is 0 Å². The zero-order valence-electron chi connectivity index (χ0n) is 17.8. The van der Waals surface area contributed by atoms with E-state index in [0.717, 1.165) is 63.0 Å². The van der Waals surface area contributed by atoms with Gasteiger partial charge in [0, 0.05) is 56.9 Å². The second kappa shape index (κ2) is 8.49. The monoisotopic (exact) mass is 393 g/mol. The van der Waals surface area contributed by atoms with Crippen molar-refractivity contribution in [1.82, 2.24) is 19.8 Å². The van der Waals surface area contributed by atoms with Crippen LogP contribution in [0.15, 0.2) is 30.3 Å². The van der Waals surface area contributed by atoms with Gasteiger partial charge in [-0.25, -0.2) is 9.97 Å². The van der Waals surface area contributed by atoms with Crippen molar-refractivity contribution in [2.24, 2.45) is 0 Å².